The third kappa shape index (κ3) is 3.25. The summed E-state index contributed by atoms with van der Waals surface area (Å²) in [5.74, 6) is 0.229. The number of hydrogen-bond donors (Lipinski definition) is 0. The molecular formula is C18H15N5O2. The number of para-hydroxylation sites is 1. The predicted molar refractivity (Wildman–Crippen MR) is 91.3 cm³/mol. The number of aromatic nitrogens is 5. The number of esters is 1. The van der Waals surface area contributed by atoms with Crippen molar-refractivity contribution in [3.8, 4) is 11.4 Å². The highest BCUT2D eigenvalue weighted by atomic mass is 16.5. The van der Waals surface area contributed by atoms with Gasteiger partial charge in [0, 0.05) is 18.3 Å². The van der Waals surface area contributed by atoms with E-state index in [9.17, 15) is 4.79 Å². The minimum atomic E-state index is -0.270. The van der Waals surface area contributed by atoms with Gasteiger partial charge in [-0.2, -0.15) is 0 Å². The summed E-state index contributed by atoms with van der Waals surface area (Å²) in [6.45, 7) is 0.578. The first-order valence-corrected chi connectivity index (χ1v) is 7.87. The molecule has 0 radical (unpaired) electrons. The Hall–Kier alpha value is -3.48. The number of rotatable bonds is 5. The van der Waals surface area contributed by atoms with Gasteiger partial charge in [-0.15, -0.1) is 5.10 Å². The first-order chi connectivity index (χ1) is 12.3. The molecule has 0 saturated carbocycles. The van der Waals surface area contributed by atoms with Gasteiger partial charge in [-0.25, -0.2) is 4.68 Å². The van der Waals surface area contributed by atoms with Gasteiger partial charge in [0.1, 0.15) is 12.1 Å². The molecule has 0 atom stereocenters. The molecule has 4 rings (SSSR count). The van der Waals surface area contributed by atoms with E-state index in [-0.39, 0.29) is 5.97 Å². The fraction of sp³-hybridized carbons (Fsp3) is 0.111. The zero-order valence-electron chi connectivity index (χ0n) is 13.3. The van der Waals surface area contributed by atoms with E-state index in [1.807, 2.05) is 30.5 Å². The number of hydrogen-bond acceptors (Lipinski definition) is 5. The van der Waals surface area contributed by atoms with Crippen LogP contribution in [0, 0.1) is 0 Å². The first-order valence-electron chi connectivity index (χ1n) is 7.87. The molecule has 2 aromatic carbocycles. The van der Waals surface area contributed by atoms with Crippen LogP contribution in [0.3, 0.4) is 0 Å². The molecule has 25 heavy (non-hydrogen) atoms. The van der Waals surface area contributed by atoms with E-state index >= 15 is 0 Å². The maximum Gasteiger partial charge on any atom is 0.312 e. The van der Waals surface area contributed by atoms with Crippen LogP contribution in [0.15, 0.2) is 67.1 Å². The fourth-order valence-corrected chi connectivity index (χ4v) is 2.68. The smallest absolute Gasteiger partial charge is 0.312 e. The Morgan fingerprint density at radius 2 is 1.88 bits per heavy atom. The Bertz CT molecular complexity index is 990. The summed E-state index contributed by atoms with van der Waals surface area (Å²) in [5.41, 5.74) is 1.91. The maximum atomic E-state index is 12.1. The Labute approximate surface area is 143 Å². The summed E-state index contributed by atoms with van der Waals surface area (Å²) in [6.07, 6.45) is 3.79. The highest BCUT2D eigenvalue weighted by molar-refractivity contribution is 5.80. The lowest BCUT2D eigenvalue weighted by Gasteiger charge is -2.07. The van der Waals surface area contributed by atoms with Gasteiger partial charge in [0.15, 0.2) is 0 Å². The van der Waals surface area contributed by atoms with E-state index in [1.165, 1.54) is 11.0 Å². The van der Waals surface area contributed by atoms with Gasteiger partial charge >= 0.3 is 5.97 Å². The van der Waals surface area contributed by atoms with Crippen molar-refractivity contribution in [1.29, 1.82) is 0 Å². The van der Waals surface area contributed by atoms with Crippen molar-refractivity contribution in [3.63, 3.8) is 0 Å². The van der Waals surface area contributed by atoms with Crippen molar-refractivity contribution in [2.75, 3.05) is 0 Å². The maximum absolute atomic E-state index is 12.1. The molecule has 2 heterocycles. The monoisotopic (exact) mass is 333 g/mol. The third-order valence-corrected chi connectivity index (χ3v) is 3.92. The zero-order valence-corrected chi connectivity index (χ0v) is 13.3. The average molecular weight is 333 g/mol. The van der Waals surface area contributed by atoms with Crippen LogP contribution in [0.25, 0.3) is 16.6 Å². The Kier molecular flexibility index (Phi) is 3.96. The summed E-state index contributed by atoms with van der Waals surface area (Å²) in [6, 6.07) is 17.1. The summed E-state index contributed by atoms with van der Waals surface area (Å²) in [5, 5.41) is 12.1. The molecule has 0 N–H and O–H groups in total. The van der Waals surface area contributed by atoms with Gasteiger partial charge in [0.25, 0.3) is 0 Å². The highest BCUT2D eigenvalue weighted by Gasteiger charge is 2.07. The first kappa shape index (κ1) is 15.1. The van der Waals surface area contributed by atoms with Crippen LogP contribution in [0.1, 0.15) is 6.42 Å². The number of ether oxygens (including phenoxy) is 1. The second-order valence-electron chi connectivity index (χ2n) is 5.54. The van der Waals surface area contributed by atoms with Gasteiger partial charge in [-0.05, 0) is 52.2 Å². The molecule has 124 valence electrons. The van der Waals surface area contributed by atoms with Crippen LogP contribution in [0.5, 0.6) is 5.75 Å². The lowest BCUT2D eigenvalue weighted by molar-refractivity contribution is -0.134. The molecule has 0 aliphatic heterocycles. The van der Waals surface area contributed by atoms with E-state index in [0.717, 1.165) is 16.6 Å². The molecule has 7 nitrogen and oxygen atoms in total. The molecule has 7 heteroatoms. The van der Waals surface area contributed by atoms with E-state index in [1.54, 1.807) is 24.3 Å². The fourth-order valence-electron chi connectivity index (χ4n) is 2.68. The second kappa shape index (κ2) is 6.56. The molecule has 0 unspecified atom stereocenters. The molecule has 0 spiro atoms. The Balaban J connectivity index is 1.37. The minimum Gasteiger partial charge on any atom is -0.426 e. The van der Waals surface area contributed by atoms with Crippen LogP contribution in [-0.2, 0) is 11.3 Å². The van der Waals surface area contributed by atoms with Crippen LogP contribution < -0.4 is 4.74 Å². The van der Waals surface area contributed by atoms with Gasteiger partial charge in [-0.3, -0.25) is 4.79 Å². The van der Waals surface area contributed by atoms with Crippen molar-refractivity contribution in [3.05, 3.63) is 67.1 Å². The molecule has 0 amide bonds. The average Bonchev–Trinajstić information content (AvgIpc) is 3.31. The molecule has 0 saturated heterocycles. The van der Waals surface area contributed by atoms with E-state index < -0.39 is 0 Å². The molecular weight excluding hydrogens is 318 g/mol. The second-order valence-corrected chi connectivity index (χ2v) is 5.54. The largest absolute Gasteiger partial charge is 0.426 e. The summed E-state index contributed by atoms with van der Waals surface area (Å²) < 4.78 is 8.97. The number of carbonyl (C=O) groups excluding carboxylic acids is 1. The lowest BCUT2D eigenvalue weighted by atomic mass is 10.2. The van der Waals surface area contributed by atoms with Gasteiger partial charge in [-0.1, -0.05) is 18.2 Å². The minimum absolute atomic E-state index is 0.270. The van der Waals surface area contributed by atoms with Crippen molar-refractivity contribution >= 4 is 16.9 Å². The Morgan fingerprint density at radius 1 is 1.04 bits per heavy atom. The predicted octanol–water partition coefficient (Wildman–Crippen LogP) is 2.61. The normalized spacial score (nSPS) is 10.9. The standard InChI is InChI=1S/C18H15N5O2/c24-18(10-12-22-11-9-14-3-1-2-4-17(14)22)25-16-7-5-15(6-8-16)23-13-19-20-21-23/h1-9,11,13H,10,12H2. The van der Waals surface area contributed by atoms with Crippen LogP contribution >= 0.6 is 0 Å². The number of aryl methyl sites for hydroxylation is 1. The number of carbonyl (C=O) groups is 1. The SMILES string of the molecule is O=C(CCn1ccc2ccccc21)Oc1ccc(-n2cnnn2)cc1. The van der Waals surface area contributed by atoms with Crippen molar-refractivity contribution < 1.29 is 9.53 Å². The lowest BCUT2D eigenvalue weighted by Crippen LogP contribution is -2.11. The van der Waals surface area contributed by atoms with E-state index in [4.69, 9.17) is 4.74 Å². The number of fused-ring (bicyclic) bond motifs is 1. The molecule has 2 aromatic heterocycles. The number of nitrogens with zero attached hydrogens (tertiary/aromatic N) is 5. The van der Waals surface area contributed by atoms with Crippen LogP contribution in [0.4, 0.5) is 0 Å². The van der Waals surface area contributed by atoms with Crippen LogP contribution in [0.2, 0.25) is 0 Å². The number of benzene rings is 2. The quantitative estimate of drug-likeness (QED) is 0.414. The van der Waals surface area contributed by atoms with Gasteiger partial charge in [0.05, 0.1) is 12.1 Å². The van der Waals surface area contributed by atoms with Gasteiger partial charge < -0.3 is 9.30 Å². The van der Waals surface area contributed by atoms with Crippen molar-refractivity contribution in [2.45, 2.75) is 13.0 Å². The zero-order chi connectivity index (χ0) is 17.1. The Morgan fingerprint density at radius 3 is 2.68 bits per heavy atom. The molecule has 4 aromatic rings. The topological polar surface area (TPSA) is 74.8 Å². The van der Waals surface area contributed by atoms with Gasteiger partial charge in [0.2, 0.25) is 0 Å². The molecule has 0 bridgehead atoms. The van der Waals surface area contributed by atoms with Crippen molar-refractivity contribution in [1.82, 2.24) is 24.8 Å². The van der Waals surface area contributed by atoms with E-state index in [2.05, 4.69) is 26.2 Å². The summed E-state index contributed by atoms with van der Waals surface area (Å²) in [4.78, 5) is 12.1. The number of tetrazole rings is 1. The summed E-state index contributed by atoms with van der Waals surface area (Å²) in [7, 11) is 0. The van der Waals surface area contributed by atoms with E-state index in [0.29, 0.717) is 18.7 Å². The van der Waals surface area contributed by atoms with Crippen molar-refractivity contribution in [2.24, 2.45) is 0 Å². The highest BCUT2D eigenvalue weighted by Crippen LogP contribution is 2.17. The molecule has 0 fully saturated rings. The summed E-state index contributed by atoms with van der Waals surface area (Å²) >= 11 is 0. The molecule has 0 aliphatic rings. The molecule has 0 aliphatic carbocycles. The van der Waals surface area contributed by atoms with Crippen LogP contribution in [-0.4, -0.2) is 30.7 Å². The third-order valence-electron chi connectivity index (χ3n) is 3.92.